The summed E-state index contributed by atoms with van der Waals surface area (Å²) < 4.78 is 61.7. The van der Waals surface area contributed by atoms with E-state index in [2.05, 4.69) is 9.88 Å². The molecule has 0 bridgehead atoms. The van der Waals surface area contributed by atoms with E-state index in [9.17, 15) is 31.2 Å². The molecule has 0 unspecified atom stereocenters. The van der Waals surface area contributed by atoms with E-state index in [1.807, 2.05) is 18.2 Å². The second-order valence-corrected chi connectivity index (χ2v) is 10.9. The molecule has 2 aliphatic rings. The number of halogens is 3. The van der Waals surface area contributed by atoms with Gasteiger partial charge in [-0.3, -0.25) is 9.78 Å². The molecule has 1 aromatic heterocycles. The summed E-state index contributed by atoms with van der Waals surface area (Å²) >= 11 is 0. The molecule has 0 saturated carbocycles. The van der Waals surface area contributed by atoms with E-state index in [0.29, 0.717) is 0 Å². The Kier molecular flexibility index (Phi) is 6.30. The highest BCUT2D eigenvalue weighted by Crippen LogP contribution is 2.33. The van der Waals surface area contributed by atoms with Crippen LogP contribution in [0, 0.1) is 0 Å². The van der Waals surface area contributed by atoms with E-state index in [-0.39, 0.29) is 18.8 Å². The van der Waals surface area contributed by atoms with Crippen molar-refractivity contribution in [3.05, 3.63) is 60.3 Å². The minimum absolute atomic E-state index is 0.00871. The SMILES string of the molecule is O=C1CN(Cc2ccnc3c(N4CCCCC4)cccc23)C(=O)N1c1ccc(S(=O)(=O)C(F)(F)F)cc1. The summed E-state index contributed by atoms with van der Waals surface area (Å²) in [7, 11) is -5.54. The zero-order valence-electron chi connectivity index (χ0n) is 19.6. The lowest BCUT2D eigenvalue weighted by Crippen LogP contribution is -2.33. The van der Waals surface area contributed by atoms with Gasteiger partial charge in [0.2, 0.25) is 0 Å². The van der Waals surface area contributed by atoms with Crippen LogP contribution in [0.3, 0.4) is 0 Å². The molecule has 3 heterocycles. The molecule has 2 aromatic carbocycles. The predicted octanol–water partition coefficient (Wildman–Crippen LogP) is 4.49. The van der Waals surface area contributed by atoms with Crippen molar-refractivity contribution in [1.82, 2.24) is 9.88 Å². The van der Waals surface area contributed by atoms with E-state index in [4.69, 9.17) is 0 Å². The van der Waals surface area contributed by atoms with Crippen molar-refractivity contribution >= 4 is 44.1 Å². The first-order valence-electron chi connectivity index (χ1n) is 11.7. The van der Waals surface area contributed by atoms with Crippen molar-refractivity contribution in [2.45, 2.75) is 36.2 Å². The van der Waals surface area contributed by atoms with E-state index in [1.165, 1.54) is 11.3 Å². The summed E-state index contributed by atoms with van der Waals surface area (Å²) in [6, 6.07) is 10.5. The van der Waals surface area contributed by atoms with Crippen LogP contribution in [0.5, 0.6) is 0 Å². The number of carbonyl (C=O) groups excluding carboxylic acids is 2. The number of sulfone groups is 1. The van der Waals surface area contributed by atoms with Gasteiger partial charge in [0.25, 0.3) is 15.7 Å². The average Bonchev–Trinajstić information content (AvgIpc) is 3.16. The number of rotatable bonds is 5. The van der Waals surface area contributed by atoms with E-state index in [0.717, 1.165) is 77.3 Å². The van der Waals surface area contributed by atoms with Crippen LogP contribution in [0.4, 0.5) is 29.3 Å². The quantitative estimate of drug-likeness (QED) is 0.450. The Labute approximate surface area is 211 Å². The number of anilines is 2. The Balaban J connectivity index is 1.39. The first-order chi connectivity index (χ1) is 17.6. The molecule has 194 valence electrons. The average molecular weight is 533 g/mol. The van der Waals surface area contributed by atoms with Gasteiger partial charge in [0.1, 0.15) is 6.54 Å². The molecule has 0 atom stereocenters. The Morgan fingerprint density at radius 2 is 1.62 bits per heavy atom. The van der Waals surface area contributed by atoms with E-state index in [1.54, 1.807) is 12.3 Å². The van der Waals surface area contributed by atoms with Gasteiger partial charge < -0.3 is 9.80 Å². The van der Waals surface area contributed by atoms with Crippen LogP contribution >= 0.6 is 0 Å². The largest absolute Gasteiger partial charge is 0.501 e. The Morgan fingerprint density at radius 3 is 2.30 bits per heavy atom. The number of amides is 3. The number of piperidine rings is 1. The molecule has 0 aliphatic carbocycles. The molecule has 0 spiro atoms. The summed E-state index contributed by atoms with van der Waals surface area (Å²) in [5.41, 5.74) is -2.81. The summed E-state index contributed by atoms with van der Waals surface area (Å²) in [6.07, 6.45) is 5.09. The fourth-order valence-electron chi connectivity index (χ4n) is 4.79. The van der Waals surface area contributed by atoms with Crippen molar-refractivity contribution in [2.75, 3.05) is 29.4 Å². The van der Waals surface area contributed by atoms with E-state index >= 15 is 0 Å². The zero-order valence-corrected chi connectivity index (χ0v) is 20.4. The third-order valence-electron chi connectivity index (χ3n) is 6.65. The highest BCUT2D eigenvalue weighted by atomic mass is 32.2. The van der Waals surface area contributed by atoms with Crippen LogP contribution in [-0.2, 0) is 21.2 Å². The fraction of sp³-hybridized carbons (Fsp3) is 0.320. The summed E-state index contributed by atoms with van der Waals surface area (Å²) in [5.74, 6) is -0.566. The molecule has 0 radical (unpaired) electrons. The van der Waals surface area contributed by atoms with Crippen molar-refractivity contribution in [2.24, 2.45) is 0 Å². The first-order valence-corrected chi connectivity index (χ1v) is 13.2. The standard InChI is InChI=1S/C25H23F3N4O4S/c26-25(27,28)37(35,36)19-9-7-18(8-10-19)32-22(33)16-31(24(32)34)15-17-11-12-29-23-20(17)5-4-6-21(23)30-13-2-1-3-14-30/h4-12H,1-3,13-16H2. The molecule has 2 saturated heterocycles. The molecule has 5 rings (SSSR count). The lowest BCUT2D eigenvalue weighted by atomic mass is 10.0. The molecular weight excluding hydrogens is 509 g/mol. The van der Waals surface area contributed by atoms with Crippen LogP contribution in [0.2, 0.25) is 0 Å². The van der Waals surface area contributed by atoms with Gasteiger partial charge in [-0.15, -0.1) is 0 Å². The van der Waals surface area contributed by atoms with Crippen LogP contribution in [0.25, 0.3) is 10.9 Å². The minimum Gasteiger partial charge on any atom is -0.370 e. The van der Waals surface area contributed by atoms with Crippen LogP contribution in [0.1, 0.15) is 24.8 Å². The summed E-state index contributed by atoms with van der Waals surface area (Å²) in [6.45, 7) is 1.80. The number of pyridine rings is 1. The number of hydrogen-bond acceptors (Lipinski definition) is 6. The number of aromatic nitrogens is 1. The number of urea groups is 1. The van der Waals surface area contributed by atoms with Crippen molar-refractivity contribution in [1.29, 1.82) is 0 Å². The molecule has 3 aromatic rings. The van der Waals surface area contributed by atoms with E-state index < -0.39 is 32.2 Å². The van der Waals surface area contributed by atoms with Crippen molar-refractivity contribution < 1.29 is 31.2 Å². The number of carbonyl (C=O) groups is 2. The maximum Gasteiger partial charge on any atom is 0.501 e. The normalized spacial score (nSPS) is 17.2. The Bertz CT molecular complexity index is 1470. The van der Waals surface area contributed by atoms with Crippen LogP contribution in [0.15, 0.2) is 59.6 Å². The Morgan fingerprint density at radius 1 is 0.919 bits per heavy atom. The number of fused-ring (bicyclic) bond motifs is 1. The van der Waals surface area contributed by atoms with Gasteiger partial charge in [-0.25, -0.2) is 18.1 Å². The van der Waals surface area contributed by atoms with Crippen molar-refractivity contribution in [3.63, 3.8) is 0 Å². The molecular formula is C25H23F3N4O4S. The molecule has 37 heavy (non-hydrogen) atoms. The van der Waals surface area contributed by atoms with Gasteiger partial charge in [-0.1, -0.05) is 12.1 Å². The zero-order chi connectivity index (χ0) is 26.4. The van der Waals surface area contributed by atoms with Gasteiger partial charge in [-0.2, -0.15) is 13.2 Å². The smallest absolute Gasteiger partial charge is 0.370 e. The maximum atomic E-state index is 13.1. The molecule has 8 nitrogen and oxygen atoms in total. The molecule has 2 fully saturated rings. The first kappa shape index (κ1) is 25.0. The minimum atomic E-state index is -5.54. The molecule has 3 amide bonds. The monoisotopic (exact) mass is 532 g/mol. The summed E-state index contributed by atoms with van der Waals surface area (Å²) in [4.78, 5) is 33.9. The maximum absolute atomic E-state index is 13.1. The number of alkyl halides is 3. The highest BCUT2D eigenvalue weighted by Gasteiger charge is 2.47. The van der Waals surface area contributed by atoms with Crippen molar-refractivity contribution in [3.8, 4) is 0 Å². The number of para-hydroxylation sites is 1. The lowest BCUT2D eigenvalue weighted by Gasteiger charge is -2.29. The molecule has 0 N–H and O–H groups in total. The number of nitrogens with zero attached hydrogens (tertiary/aromatic N) is 4. The van der Waals surface area contributed by atoms with Crippen LogP contribution in [-0.4, -0.2) is 55.4 Å². The van der Waals surface area contributed by atoms with Gasteiger partial charge >= 0.3 is 11.5 Å². The van der Waals surface area contributed by atoms with Gasteiger partial charge in [0.05, 0.1) is 21.8 Å². The van der Waals surface area contributed by atoms with Gasteiger partial charge in [0.15, 0.2) is 0 Å². The predicted molar refractivity (Wildman–Crippen MR) is 131 cm³/mol. The number of hydrogen-bond donors (Lipinski definition) is 0. The highest BCUT2D eigenvalue weighted by molar-refractivity contribution is 7.92. The topological polar surface area (TPSA) is 90.9 Å². The lowest BCUT2D eigenvalue weighted by molar-refractivity contribution is -0.116. The fourth-order valence-corrected chi connectivity index (χ4v) is 5.55. The summed E-state index contributed by atoms with van der Waals surface area (Å²) in [5, 5.41) is 0.867. The number of benzene rings is 2. The third kappa shape index (κ3) is 4.50. The second kappa shape index (κ2) is 9.33. The number of imide groups is 1. The van der Waals surface area contributed by atoms with Gasteiger partial charge in [0, 0.05) is 31.2 Å². The Hall–Kier alpha value is -3.67. The van der Waals surface area contributed by atoms with Crippen LogP contribution < -0.4 is 9.80 Å². The second-order valence-electron chi connectivity index (χ2n) is 9.00. The van der Waals surface area contributed by atoms with Gasteiger partial charge in [-0.05, 0) is 61.2 Å². The molecule has 12 heteroatoms. The third-order valence-corrected chi connectivity index (χ3v) is 8.15. The molecule has 2 aliphatic heterocycles.